The number of rotatable bonds is 1. The summed E-state index contributed by atoms with van der Waals surface area (Å²) in [5.74, 6) is 0. The molecule has 0 aromatic heterocycles. The minimum atomic E-state index is -2.33. The zero-order valence-electron chi connectivity index (χ0n) is 5.04. The van der Waals surface area contributed by atoms with Crippen molar-refractivity contribution in [3.8, 4) is 0 Å². The molecule has 0 unspecified atom stereocenters. The molecule has 0 aromatic carbocycles. The Hall–Kier alpha value is -0.180. The molecule has 9 heavy (non-hydrogen) atoms. The lowest BCUT2D eigenvalue weighted by Crippen LogP contribution is -2.38. The summed E-state index contributed by atoms with van der Waals surface area (Å²) in [6.45, 7) is 2.81. The van der Waals surface area contributed by atoms with Gasteiger partial charge in [-0.25, -0.2) is 9.13 Å². The first-order chi connectivity index (χ1) is 4.30. The maximum Gasteiger partial charge on any atom is 0.398 e. The summed E-state index contributed by atoms with van der Waals surface area (Å²) in [4.78, 5) is 0. The number of nitrogens with one attached hydrogen (secondary N) is 1. The van der Waals surface area contributed by atoms with Gasteiger partial charge in [0.2, 0.25) is 0 Å². The van der Waals surface area contributed by atoms with Gasteiger partial charge in [0.15, 0.2) is 0 Å². The lowest BCUT2D eigenvalue weighted by molar-refractivity contribution is 0.348. The van der Waals surface area contributed by atoms with E-state index in [0.717, 1.165) is 13.1 Å². The van der Waals surface area contributed by atoms with Crippen LogP contribution < -0.4 is 5.32 Å². The van der Waals surface area contributed by atoms with Crippen molar-refractivity contribution in [2.45, 2.75) is 0 Å². The Balaban J connectivity index is 2.40. The van der Waals surface area contributed by atoms with Gasteiger partial charge in [-0.15, -0.1) is 0 Å². The monoisotopic (exact) mass is 148 g/mol. The van der Waals surface area contributed by atoms with Crippen molar-refractivity contribution in [3.63, 3.8) is 0 Å². The molecule has 1 aliphatic heterocycles. The van der Waals surface area contributed by atoms with Crippen LogP contribution >= 0.6 is 7.83 Å². The van der Waals surface area contributed by atoms with E-state index in [4.69, 9.17) is 0 Å². The average molecular weight is 148 g/mol. The highest BCUT2D eigenvalue weighted by molar-refractivity contribution is 7.27. The SMILES string of the molecule is O=P(=O)N1CCNCC1. The maximum atomic E-state index is 10.3. The highest BCUT2D eigenvalue weighted by Gasteiger charge is 2.12. The highest BCUT2D eigenvalue weighted by Crippen LogP contribution is 2.12. The fourth-order valence-corrected chi connectivity index (χ4v) is 1.34. The van der Waals surface area contributed by atoms with Crippen molar-refractivity contribution in [1.82, 2.24) is 9.99 Å². The molecule has 0 radical (unpaired) electrons. The molecule has 4 nitrogen and oxygen atoms in total. The van der Waals surface area contributed by atoms with Crippen LogP contribution in [0.5, 0.6) is 0 Å². The second-order valence-electron chi connectivity index (χ2n) is 1.94. The lowest BCUT2D eigenvalue weighted by Gasteiger charge is -2.19. The second kappa shape index (κ2) is 3.11. The van der Waals surface area contributed by atoms with Gasteiger partial charge in [0, 0.05) is 26.2 Å². The molecule has 52 valence electrons. The maximum absolute atomic E-state index is 10.3. The van der Waals surface area contributed by atoms with Gasteiger partial charge in [-0.3, -0.25) is 0 Å². The summed E-state index contributed by atoms with van der Waals surface area (Å²) >= 11 is 0. The van der Waals surface area contributed by atoms with Crippen LogP contribution in [0.3, 0.4) is 0 Å². The molecule has 0 aromatic rings. The Morgan fingerprint density at radius 2 is 1.78 bits per heavy atom. The van der Waals surface area contributed by atoms with Gasteiger partial charge >= 0.3 is 7.83 Å². The van der Waals surface area contributed by atoms with E-state index < -0.39 is 7.83 Å². The van der Waals surface area contributed by atoms with Crippen molar-refractivity contribution in [2.24, 2.45) is 0 Å². The molecule has 1 heterocycles. The van der Waals surface area contributed by atoms with Gasteiger partial charge in [-0.1, -0.05) is 0 Å². The zero-order chi connectivity index (χ0) is 6.69. The normalized spacial score (nSPS) is 21.8. The van der Waals surface area contributed by atoms with E-state index in [9.17, 15) is 9.13 Å². The largest absolute Gasteiger partial charge is 0.398 e. The van der Waals surface area contributed by atoms with E-state index in [0.29, 0.717) is 13.1 Å². The fraction of sp³-hybridized carbons (Fsp3) is 1.00. The van der Waals surface area contributed by atoms with Crippen LogP contribution in [0.25, 0.3) is 0 Å². The van der Waals surface area contributed by atoms with Crippen molar-refractivity contribution < 1.29 is 9.13 Å². The molecule has 0 amide bonds. The molecule has 5 heteroatoms. The Kier molecular flexibility index (Phi) is 2.39. The lowest BCUT2D eigenvalue weighted by atomic mass is 10.4. The number of hydrogen-bond donors (Lipinski definition) is 1. The van der Waals surface area contributed by atoms with Gasteiger partial charge in [0.05, 0.1) is 0 Å². The van der Waals surface area contributed by atoms with Crippen molar-refractivity contribution in [1.29, 1.82) is 0 Å². The molecule has 1 rings (SSSR count). The summed E-state index contributed by atoms with van der Waals surface area (Å²) in [5.41, 5.74) is 0. The van der Waals surface area contributed by atoms with Gasteiger partial charge < -0.3 is 5.32 Å². The van der Waals surface area contributed by atoms with Crippen LogP contribution in [0.2, 0.25) is 0 Å². The van der Waals surface area contributed by atoms with Crippen molar-refractivity contribution in [2.75, 3.05) is 26.2 Å². The third kappa shape index (κ3) is 1.90. The van der Waals surface area contributed by atoms with Crippen LogP contribution in [-0.4, -0.2) is 30.8 Å². The van der Waals surface area contributed by atoms with Gasteiger partial charge in [-0.05, 0) is 0 Å². The molecule has 1 saturated heterocycles. The van der Waals surface area contributed by atoms with Crippen LogP contribution in [0.1, 0.15) is 0 Å². The predicted molar refractivity (Wildman–Crippen MR) is 32.7 cm³/mol. The Labute approximate surface area is 54.1 Å². The first-order valence-electron chi connectivity index (χ1n) is 2.90. The summed E-state index contributed by atoms with van der Waals surface area (Å²) in [5, 5.41) is 3.06. The summed E-state index contributed by atoms with van der Waals surface area (Å²) in [6.07, 6.45) is 0. The first kappa shape index (κ1) is 6.93. The predicted octanol–water partition coefficient (Wildman–Crippen LogP) is -0.0205. The summed E-state index contributed by atoms with van der Waals surface area (Å²) in [6, 6.07) is 0. The first-order valence-corrected chi connectivity index (χ1v) is 4.04. The Morgan fingerprint density at radius 3 is 2.11 bits per heavy atom. The standard InChI is InChI=1S/C4H9N2O2P/c7-9(8)6-3-1-5-2-4-6/h5H,1-4H2. The molecule has 1 fully saturated rings. The molecular formula is C4H9N2O2P. The quantitative estimate of drug-likeness (QED) is 0.531. The molecule has 1 N–H and O–H groups in total. The van der Waals surface area contributed by atoms with E-state index >= 15 is 0 Å². The Bertz CT molecular complexity index is 143. The fourth-order valence-electron chi connectivity index (χ4n) is 0.816. The van der Waals surface area contributed by atoms with Crippen LogP contribution in [0, 0.1) is 0 Å². The molecule has 1 aliphatic rings. The van der Waals surface area contributed by atoms with Crippen molar-refractivity contribution in [3.05, 3.63) is 0 Å². The molecular weight excluding hydrogens is 139 g/mol. The number of hydrogen-bond acceptors (Lipinski definition) is 3. The van der Waals surface area contributed by atoms with E-state index in [1.165, 1.54) is 4.67 Å². The number of nitrogens with zero attached hydrogens (tertiary/aromatic N) is 1. The van der Waals surface area contributed by atoms with E-state index in [-0.39, 0.29) is 0 Å². The third-order valence-corrected chi connectivity index (χ3v) is 2.19. The zero-order valence-corrected chi connectivity index (χ0v) is 5.93. The second-order valence-corrected chi connectivity index (χ2v) is 2.98. The van der Waals surface area contributed by atoms with Crippen LogP contribution in [-0.2, 0) is 9.13 Å². The van der Waals surface area contributed by atoms with E-state index in [1.54, 1.807) is 0 Å². The smallest absolute Gasteiger partial charge is 0.314 e. The van der Waals surface area contributed by atoms with Gasteiger partial charge in [0.1, 0.15) is 0 Å². The highest BCUT2D eigenvalue weighted by atomic mass is 31.1. The third-order valence-electron chi connectivity index (χ3n) is 1.32. The molecule has 0 spiro atoms. The van der Waals surface area contributed by atoms with Crippen LogP contribution in [0.15, 0.2) is 0 Å². The molecule has 0 aliphatic carbocycles. The van der Waals surface area contributed by atoms with E-state index in [2.05, 4.69) is 5.32 Å². The number of piperazine rings is 1. The van der Waals surface area contributed by atoms with Gasteiger partial charge in [-0.2, -0.15) is 4.67 Å². The minimum Gasteiger partial charge on any atom is -0.314 e. The molecule has 0 bridgehead atoms. The van der Waals surface area contributed by atoms with E-state index in [1.807, 2.05) is 0 Å². The average Bonchev–Trinajstić information content (AvgIpc) is 1.90. The van der Waals surface area contributed by atoms with Crippen LogP contribution in [0.4, 0.5) is 0 Å². The van der Waals surface area contributed by atoms with Crippen molar-refractivity contribution >= 4 is 7.83 Å². The molecule has 0 atom stereocenters. The summed E-state index contributed by atoms with van der Waals surface area (Å²) in [7, 11) is -2.33. The summed E-state index contributed by atoms with van der Waals surface area (Å²) < 4.78 is 22.0. The minimum absolute atomic E-state index is 0.624. The topological polar surface area (TPSA) is 49.4 Å². The Morgan fingerprint density at radius 1 is 1.22 bits per heavy atom. The van der Waals surface area contributed by atoms with Gasteiger partial charge in [0.25, 0.3) is 0 Å². The molecule has 0 saturated carbocycles.